The molecule has 202 valence electrons. The molecule has 0 aliphatic carbocycles. The van der Waals surface area contributed by atoms with Crippen molar-refractivity contribution < 1.29 is 23.0 Å². The highest BCUT2D eigenvalue weighted by molar-refractivity contribution is 6.30. The molecule has 0 radical (unpaired) electrons. The molecule has 0 spiro atoms. The van der Waals surface area contributed by atoms with Gasteiger partial charge < -0.3 is 14.4 Å². The topological polar surface area (TPSA) is 84.0 Å². The molecule has 0 saturated carbocycles. The molecule has 2 aromatic heterocycles. The van der Waals surface area contributed by atoms with Gasteiger partial charge in [-0.05, 0) is 53.1 Å². The molecular formula is C30H22ClF3N4O2. The van der Waals surface area contributed by atoms with Crippen molar-refractivity contribution in [2.75, 3.05) is 7.11 Å². The number of nitrogens with zero attached hydrogens (tertiary/aromatic N) is 4. The lowest BCUT2D eigenvalue weighted by molar-refractivity contribution is -0.137. The van der Waals surface area contributed by atoms with E-state index in [1.165, 1.54) is 19.2 Å². The number of pyridine rings is 1. The van der Waals surface area contributed by atoms with Crippen LogP contribution in [0.2, 0.25) is 5.02 Å². The summed E-state index contributed by atoms with van der Waals surface area (Å²) in [5.41, 5.74) is 0.714. The van der Waals surface area contributed by atoms with E-state index in [1.54, 1.807) is 66.6 Å². The minimum atomic E-state index is -4.45. The molecule has 0 aliphatic heterocycles. The summed E-state index contributed by atoms with van der Waals surface area (Å²) in [6, 6.07) is 18.8. The summed E-state index contributed by atoms with van der Waals surface area (Å²) in [6.45, 7) is 0. The van der Waals surface area contributed by atoms with E-state index in [4.69, 9.17) is 16.3 Å². The van der Waals surface area contributed by atoms with Crippen LogP contribution in [0.4, 0.5) is 13.2 Å². The number of benzene rings is 3. The molecule has 1 N–H and O–H groups in total. The van der Waals surface area contributed by atoms with Gasteiger partial charge >= 0.3 is 6.18 Å². The number of alkyl halides is 3. The first kappa shape index (κ1) is 27.2. The van der Waals surface area contributed by atoms with E-state index in [1.807, 2.05) is 0 Å². The second-order valence-electron chi connectivity index (χ2n) is 9.30. The average molecular weight is 563 g/mol. The minimum Gasteiger partial charge on any atom is -0.481 e. The first-order valence-corrected chi connectivity index (χ1v) is 12.5. The molecule has 0 saturated heterocycles. The van der Waals surface area contributed by atoms with Crippen molar-refractivity contribution in [2.45, 2.75) is 18.2 Å². The van der Waals surface area contributed by atoms with E-state index in [0.29, 0.717) is 43.9 Å². The fourth-order valence-electron chi connectivity index (χ4n) is 4.84. The van der Waals surface area contributed by atoms with E-state index in [9.17, 15) is 23.5 Å². The molecular weight excluding hydrogens is 541 g/mol. The van der Waals surface area contributed by atoms with Gasteiger partial charge in [0.2, 0.25) is 5.88 Å². The Bertz CT molecular complexity index is 1740. The third-order valence-corrected chi connectivity index (χ3v) is 7.13. The highest BCUT2D eigenvalue weighted by atomic mass is 35.5. The second-order valence-corrected chi connectivity index (χ2v) is 9.73. The highest BCUT2D eigenvalue weighted by Crippen LogP contribution is 2.39. The van der Waals surface area contributed by atoms with E-state index in [2.05, 4.69) is 16.0 Å². The van der Waals surface area contributed by atoms with Crippen LogP contribution in [-0.2, 0) is 25.2 Å². The fraction of sp³-hybridized carbons (Fsp3) is 0.167. The number of imidazole rings is 1. The van der Waals surface area contributed by atoms with E-state index in [-0.39, 0.29) is 17.9 Å². The molecule has 6 nitrogen and oxygen atoms in total. The first-order valence-electron chi connectivity index (χ1n) is 12.1. The molecule has 40 heavy (non-hydrogen) atoms. The van der Waals surface area contributed by atoms with Crippen molar-refractivity contribution in [1.29, 1.82) is 5.26 Å². The number of ether oxygens (including phenoxy) is 1. The summed E-state index contributed by atoms with van der Waals surface area (Å²) in [6.07, 6.45) is -1.21. The molecule has 0 aliphatic rings. The summed E-state index contributed by atoms with van der Waals surface area (Å²) < 4.78 is 46.4. The highest BCUT2D eigenvalue weighted by Gasteiger charge is 2.37. The predicted molar refractivity (Wildman–Crippen MR) is 144 cm³/mol. The standard InChI is InChI=1S/C30H22ClF3N4O2/c1-38-17-36-16-27(38)29(39,19-7-10-22(31)11-8-19)21-9-12-26-23(14-21)25(15-35)24(28(37-26)40-2)13-18-3-5-20(6-4-18)30(32,33)34/h3-12,14,16-17,39H,13H2,1-2H3. The Hall–Kier alpha value is -4.39. The largest absolute Gasteiger partial charge is 0.481 e. The van der Waals surface area contributed by atoms with Crippen LogP contribution in [0.1, 0.15) is 39.1 Å². The van der Waals surface area contributed by atoms with Gasteiger partial charge in [0.25, 0.3) is 0 Å². The molecule has 5 rings (SSSR count). The van der Waals surface area contributed by atoms with Crippen LogP contribution in [0, 0.1) is 11.3 Å². The third-order valence-electron chi connectivity index (χ3n) is 6.88. The Balaban J connectivity index is 1.69. The van der Waals surface area contributed by atoms with Crippen LogP contribution in [-0.4, -0.2) is 26.8 Å². The molecule has 0 fully saturated rings. The Morgan fingerprint density at radius 3 is 2.23 bits per heavy atom. The zero-order chi connectivity index (χ0) is 28.7. The van der Waals surface area contributed by atoms with E-state index < -0.39 is 17.3 Å². The maximum Gasteiger partial charge on any atom is 0.416 e. The zero-order valence-electron chi connectivity index (χ0n) is 21.4. The molecule has 1 atom stereocenters. The second kappa shape index (κ2) is 10.3. The number of fused-ring (bicyclic) bond motifs is 1. The smallest absolute Gasteiger partial charge is 0.416 e. The Kier molecular flexibility index (Phi) is 7.00. The van der Waals surface area contributed by atoms with Gasteiger partial charge in [-0.15, -0.1) is 0 Å². The SMILES string of the molecule is COc1nc2ccc(C(O)(c3ccc(Cl)cc3)c3cncn3C)cc2c(C#N)c1Cc1ccc(C(F)(F)F)cc1. The molecule has 10 heteroatoms. The summed E-state index contributed by atoms with van der Waals surface area (Å²) >= 11 is 6.11. The van der Waals surface area contributed by atoms with Crippen LogP contribution in [0.25, 0.3) is 10.9 Å². The van der Waals surface area contributed by atoms with Crippen molar-refractivity contribution in [1.82, 2.24) is 14.5 Å². The van der Waals surface area contributed by atoms with Gasteiger partial charge in [-0.1, -0.05) is 41.9 Å². The molecule has 2 heterocycles. The normalized spacial score (nSPS) is 13.2. The third kappa shape index (κ3) is 4.76. The molecule has 5 aromatic rings. The van der Waals surface area contributed by atoms with Crippen molar-refractivity contribution in [3.05, 3.63) is 123 Å². The van der Waals surface area contributed by atoms with Crippen LogP contribution < -0.4 is 4.74 Å². The number of nitriles is 1. The predicted octanol–water partition coefficient (Wildman–Crippen LogP) is 6.40. The minimum absolute atomic E-state index is 0.112. The van der Waals surface area contributed by atoms with Crippen molar-refractivity contribution in [2.24, 2.45) is 7.05 Å². The van der Waals surface area contributed by atoms with Gasteiger partial charge in [0.05, 0.1) is 42.0 Å². The van der Waals surface area contributed by atoms with Gasteiger partial charge in [0.1, 0.15) is 6.07 Å². The lowest BCUT2D eigenvalue weighted by Crippen LogP contribution is -2.31. The molecule has 3 aromatic carbocycles. The number of aryl methyl sites for hydroxylation is 1. The van der Waals surface area contributed by atoms with Gasteiger partial charge in [-0.2, -0.15) is 18.4 Å². The van der Waals surface area contributed by atoms with Crippen molar-refractivity contribution >= 4 is 22.5 Å². The Labute approximate surface area is 232 Å². The van der Waals surface area contributed by atoms with E-state index in [0.717, 1.165) is 12.1 Å². The summed E-state index contributed by atoms with van der Waals surface area (Å²) in [5.74, 6) is 0.191. The van der Waals surface area contributed by atoms with E-state index >= 15 is 0 Å². The summed E-state index contributed by atoms with van der Waals surface area (Å²) in [7, 11) is 3.18. The number of aromatic nitrogens is 3. The monoisotopic (exact) mass is 562 g/mol. The molecule has 0 bridgehead atoms. The number of rotatable bonds is 6. The number of halogens is 4. The summed E-state index contributed by atoms with van der Waals surface area (Å²) in [4.78, 5) is 8.76. The van der Waals surface area contributed by atoms with Gasteiger partial charge in [-0.3, -0.25) is 0 Å². The number of hydrogen-bond donors (Lipinski definition) is 1. The summed E-state index contributed by atoms with van der Waals surface area (Å²) in [5, 5.41) is 23.5. The Morgan fingerprint density at radius 2 is 1.65 bits per heavy atom. The number of aliphatic hydroxyl groups is 1. The Morgan fingerprint density at radius 1 is 1.00 bits per heavy atom. The van der Waals surface area contributed by atoms with Crippen LogP contribution >= 0.6 is 11.6 Å². The lowest BCUT2D eigenvalue weighted by atomic mass is 9.82. The van der Waals surface area contributed by atoms with Gasteiger partial charge in [-0.25, -0.2) is 9.97 Å². The number of hydrogen-bond acceptors (Lipinski definition) is 5. The molecule has 0 amide bonds. The quantitative estimate of drug-likeness (QED) is 0.259. The van der Waals surface area contributed by atoms with Gasteiger partial charge in [0, 0.05) is 29.4 Å². The van der Waals surface area contributed by atoms with Crippen molar-refractivity contribution in [3.63, 3.8) is 0 Å². The van der Waals surface area contributed by atoms with Crippen LogP contribution in [0.5, 0.6) is 5.88 Å². The lowest BCUT2D eigenvalue weighted by Gasteiger charge is -2.30. The average Bonchev–Trinajstić information content (AvgIpc) is 3.38. The molecule has 1 unspecified atom stereocenters. The zero-order valence-corrected chi connectivity index (χ0v) is 22.1. The van der Waals surface area contributed by atoms with Crippen LogP contribution in [0.3, 0.4) is 0 Å². The van der Waals surface area contributed by atoms with Gasteiger partial charge in [0.15, 0.2) is 5.60 Å². The fourth-order valence-corrected chi connectivity index (χ4v) is 4.97. The van der Waals surface area contributed by atoms with Crippen molar-refractivity contribution in [3.8, 4) is 11.9 Å². The first-order chi connectivity index (χ1) is 19.1. The van der Waals surface area contributed by atoms with Crippen LogP contribution in [0.15, 0.2) is 79.3 Å². The maximum absolute atomic E-state index is 13.1. The maximum atomic E-state index is 13.1. The number of methoxy groups -OCH3 is 1.